The van der Waals surface area contributed by atoms with E-state index >= 15 is 0 Å². The smallest absolute Gasteiger partial charge is 0.227 e. The molecular weight excluding hydrogens is 294 g/mol. The van der Waals surface area contributed by atoms with Crippen LogP contribution in [0, 0.1) is 0 Å². The lowest BCUT2D eigenvalue weighted by Gasteiger charge is -2.15. The van der Waals surface area contributed by atoms with Crippen LogP contribution in [0.15, 0.2) is 18.6 Å². The second-order valence-electron chi connectivity index (χ2n) is 6.33. The Hall–Kier alpha value is -2.22. The molecule has 2 aromatic heterocycles. The Balaban J connectivity index is 1.40. The molecule has 0 saturated carbocycles. The van der Waals surface area contributed by atoms with Crippen molar-refractivity contribution < 1.29 is 4.79 Å². The summed E-state index contributed by atoms with van der Waals surface area (Å²) in [5.41, 5.74) is 1.93. The van der Waals surface area contributed by atoms with Crippen molar-refractivity contribution in [3.8, 4) is 0 Å². The molecular formula is C15H21N7O. The summed E-state index contributed by atoms with van der Waals surface area (Å²) in [7, 11) is 1.83. The largest absolute Gasteiger partial charge is 0.309 e. The van der Waals surface area contributed by atoms with Gasteiger partial charge in [-0.3, -0.25) is 14.4 Å². The highest BCUT2D eigenvalue weighted by atomic mass is 16.2. The summed E-state index contributed by atoms with van der Waals surface area (Å²) in [4.78, 5) is 17.6. The highest BCUT2D eigenvalue weighted by Crippen LogP contribution is 2.26. The van der Waals surface area contributed by atoms with Crippen LogP contribution in [0.3, 0.4) is 0 Å². The molecule has 2 aliphatic heterocycles. The molecule has 122 valence electrons. The zero-order chi connectivity index (χ0) is 15.8. The Kier molecular flexibility index (Phi) is 3.60. The predicted octanol–water partition coefficient (Wildman–Crippen LogP) is 0.585. The second kappa shape index (κ2) is 5.77. The van der Waals surface area contributed by atoms with Crippen LogP contribution in [0.5, 0.6) is 0 Å². The molecule has 0 spiro atoms. The fourth-order valence-electron chi connectivity index (χ4n) is 3.45. The summed E-state index contributed by atoms with van der Waals surface area (Å²) in [6, 6.07) is 0.359. The summed E-state index contributed by atoms with van der Waals surface area (Å²) in [6.07, 6.45) is 8.31. The van der Waals surface area contributed by atoms with E-state index < -0.39 is 0 Å². The summed E-state index contributed by atoms with van der Waals surface area (Å²) in [5.74, 6) is 0.209. The molecule has 1 unspecified atom stereocenters. The van der Waals surface area contributed by atoms with Crippen LogP contribution in [0.25, 0.3) is 0 Å². The molecule has 2 aliphatic rings. The standard InChI is InChI=1S/C15H21N7O/c1-19-16-7-12(18-19)9-20-6-4-13(10-20)22-11-14(8-17-22)21-5-2-3-15(21)23/h7-8,11,13H,2-6,9-10H2,1H3. The van der Waals surface area contributed by atoms with E-state index in [0.717, 1.165) is 50.4 Å². The van der Waals surface area contributed by atoms with Gasteiger partial charge in [-0.15, -0.1) is 0 Å². The molecule has 0 aliphatic carbocycles. The van der Waals surface area contributed by atoms with Crippen LogP contribution in [0.2, 0.25) is 0 Å². The lowest BCUT2D eigenvalue weighted by Crippen LogP contribution is -2.23. The number of nitrogens with zero attached hydrogens (tertiary/aromatic N) is 7. The number of aromatic nitrogens is 5. The topological polar surface area (TPSA) is 72.1 Å². The maximum absolute atomic E-state index is 11.8. The van der Waals surface area contributed by atoms with Gasteiger partial charge in [0.1, 0.15) is 0 Å². The lowest BCUT2D eigenvalue weighted by atomic mass is 10.3. The van der Waals surface area contributed by atoms with Gasteiger partial charge >= 0.3 is 0 Å². The fourth-order valence-corrected chi connectivity index (χ4v) is 3.45. The summed E-state index contributed by atoms with van der Waals surface area (Å²) >= 11 is 0. The van der Waals surface area contributed by atoms with Crippen molar-refractivity contribution in [2.24, 2.45) is 7.05 Å². The highest BCUT2D eigenvalue weighted by Gasteiger charge is 2.27. The number of anilines is 1. The SMILES string of the molecule is Cn1ncc(CN2CCC(n3cc(N4CCCC4=O)cn3)C2)n1. The number of hydrogen-bond donors (Lipinski definition) is 0. The van der Waals surface area contributed by atoms with E-state index in [-0.39, 0.29) is 5.91 Å². The summed E-state index contributed by atoms with van der Waals surface area (Å²) < 4.78 is 2.01. The van der Waals surface area contributed by atoms with Crippen LogP contribution in [-0.4, -0.2) is 55.2 Å². The molecule has 0 N–H and O–H groups in total. The van der Waals surface area contributed by atoms with Crippen LogP contribution >= 0.6 is 0 Å². The number of rotatable bonds is 4. The maximum atomic E-state index is 11.8. The number of hydrogen-bond acceptors (Lipinski definition) is 5. The van der Waals surface area contributed by atoms with Crippen molar-refractivity contribution in [1.82, 2.24) is 29.7 Å². The average molecular weight is 315 g/mol. The minimum absolute atomic E-state index is 0.209. The number of amides is 1. The summed E-state index contributed by atoms with van der Waals surface area (Å²) in [5, 5.41) is 12.9. The first kappa shape index (κ1) is 14.4. The minimum atomic E-state index is 0.209. The van der Waals surface area contributed by atoms with E-state index in [4.69, 9.17) is 0 Å². The van der Waals surface area contributed by atoms with Gasteiger partial charge in [-0.2, -0.15) is 20.1 Å². The van der Waals surface area contributed by atoms with Crippen molar-refractivity contribution in [2.75, 3.05) is 24.5 Å². The predicted molar refractivity (Wildman–Crippen MR) is 83.7 cm³/mol. The molecule has 0 radical (unpaired) electrons. The molecule has 2 aromatic rings. The molecule has 23 heavy (non-hydrogen) atoms. The zero-order valence-electron chi connectivity index (χ0n) is 13.3. The van der Waals surface area contributed by atoms with E-state index in [9.17, 15) is 4.79 Å². The molecule has 8 heteroatoms. The second-order valence-corrected chi connectivity index (χ2v) is 6.33. The third kappa shape index (κ3) is 2.86. The average Bonchev–Trinajstić information content (AvgIpc) is 3.27. The van der Waals surface area contributed by atoms with Crippen LogP contribution in [0.4, 0.5) is 5.69 Å². The molecule has 1 atom stereocenters. The first-order valence-corrected chi connectivity index (χ1v) is 8.11. The van der Waals surface area contributed by atoms with Gasteiger partial charge in [0.25, 0.3) is 0 Å². The third-order valence-corrected chi connectivity index (χ3v) is 4.63. The third-order valence-electron chi connectivity index (χ3n) is 4.63. The van der Waals surface area contributed by atoms with E-state index in [1.54, 1.807) is 4.80 Å². The van der Waals surface area contributed by atoms with Gasteiger partial charge in [0.15, 0.2) is 0 Å². The Morgan fingerprint density at radius 3 is 2.91 bits per heavy atom. The van der Waals surface area contributed by atoms with Gasteiger partial charge in [-0.05, 0) is 12.8 Å². The van der Waals surface area contributed by atoms with E-state index in [1.165, 1.54) is 0 Å². The van der Waals surface area contributed by atoms with Gasteiger partial charge in [0, 0.05) is 45.8 Å². The zero-order valence-corrected chi connectivity index (χ0v) is 13.3. The minimum Gasteiger partial charge on any atom is -0.309 e. The quantitative estimate of drug-likeness (QED) is 0.825. The maximum Gasteiger partial charge on any atom is 0.227 e. The number of carbonyl (C=O) groups is 1. The molecule has 1 amide bonds. The number of aryl methyl sites for hydroxylation is 1. The molecule has 4 heterocycles. The van der Waals surface area contributed by atoms with Crippen molar-refractivity contribution in [3.05, 3.63) is 24.3 Å². The number of carbonyl (C=O) groups excluding carboxylic acids is 1. The van der Waals surface area contributed by atoms with E-state index in [2.05, 4.69) is 20.2 Å². The Labute approximate surface area is 134 Å². The molecule has 0 aromatic carbocycles. The Morgan fingerprint density at radius 1 is 1.26 bits per heavy atom. The molecule has 0 bridgehead atoms. The van der Waals surface area contributed by atoms with Crippen LogP contribution in [-0.2, 0) is 18.4 Å². The van der Waals surface area contributed by atoms with Gasteiger partial charge in [-0.25, -0.2) is 0 Å². The molecule has 8 nitrogen and oxygen atoms in total. The molecule has 2 saturated heterocycles. The first-order chi connectivity index (χ1) is 11.2. The Morgan fingerprint density at radius 2 is 2.17 bits per heavy atom. The highest BCUT2D eigenvalue weighted by molar-refractivity contribution is 5.95. The van der Waals surface area contributed by atoms with Gasteiger partial charge < -0.3 is 4.90 Å². The monoisotopic (exact) mass is 315 g/mol. The lowest BCUT2D eigenvalue weighted by molar-refractivity contribution is -0.117. The van der Waals surface area contributed by atoms with E-state index in [0.29, 0.717) is 12.5 Å². The van der Waals surface area contributed by atoms with Gasteiger partial charge in [-0.1, -0.05) is 0 Å². The Bertz CT molecular complexity index is 706. The van der Waals surface area contributed by atoms with Crippen molar-refractivity contribution in [3.63, 3.8) is 0 Å². The van der Waals surface area contributed by atoms with E-state index in [1.807, 2.05) is 35.2 Å². The summed E-state index contributed by atoms with van der Waals surface area (Å²) in [6.45, 7) is 3.61. The van der Waals surface area contributed by atoms with Crippen molar-refractivity contribution in [2.45, 2.75) is 31.8 Å². The first-order valence-electron chi connectivity index (χ1n) is 8.11. The number of likely N-dealkylation sites (tertiary alicyclic amines) is 1. The normalized spacial score (nSPS) is 22.4. The molecule has 4 rings (SSSR count). The van der Waals surface area contributed by atoms with Crippen molar-refractivity contribution in [1.29, 1.82) is 0 Å². The molecule has 2 fully saturated rings. The van der Waals surface area contributed by atoms with Crippen molar-refractivity contribution >= 4 is 11.6 Å². The van der Waals surface area contributed by atoms with Crippen LogP contribution in [0.1, 0.15) is 31.0 Å². The van der Waals surface area contributed by atoms with Gasteiger partial charge in [0.2, 0.25) is 5.91 Å². The van der Waals surface area contributed by atoms with Gasteiger partial charge in [0.05, 0.1) is 29.8 Å². The fraction of sp³-hybridized carbons (Fsp3) is 0.600. The van der Waals surface area contributed by atoms with Crippen LogP contribution < -0.4 is 4.90 Å².